The molecule has 0 fully saturated rings. The van der Waals surface area contributed by atoms with Gasteiger partial charge in [0, 0.05) is 22.1 Å². The molecule has 0 bridgehead atoms. The highest BCUT2D eigenvalue weighted by atomic mass is 79.9. The van der Waals surface area contributed by atoms with Crippen molar-refractivity contribution >= 4 is 27.4 Å². The molecule has 0 unspecified atom stereocenters. The maximum Gasteiger partial charge on any atom is 0.167 e. The number of rotatable bonds is 3. The minimum absolute atomic E-state index is 0.0965. The Bertz CT molecular complexity index is 654. The standard InChI is InChI=1S/C18H20BrNO/c1-18(2,3)14-7-4-12(5-8-14)10-17(21)13-6-9-16(20)15(19)11-13/h4-9,11H,10,20H2,1-3H3. The van der Waals surface area contributed by atoms with E-state index in [1.54, 1.807) is 18.2 Å². The number of nitrogens with two attached hydrogens (primary N) is 1. The third-order valence-electron chi connectivity index (χ3n) is 3.51. The van der Waals surface area contributed by atoms with Crippen molar-refractivity contribution in [1.82, 2.24) is 0 Å². The molecule has 0 aliphatic carbocycles. The Hall–Kier alpha value is -1.61. The third-order valence-corrected chi connectivity index (χ3v) is 4.19. The fourth-order valence-electron chi connectivity index (χ4n) is 2.11. The second-order valence-corrected chi connectivity index (χ2v) is 7.14. The van der Waals surface area contributed by atoms with Gasteiger partial charge in [0.1, 0.15) is 0 Å². The zero-order chi connectivity index (χ0) is 15.6. The molecule has 0 atom stereocenters. The molecule has 3 heteroatoms. The molecule has 110 valence electrons. The van der Waals surface area contributed by atoms with Crippen molar-refractivity contribution in [2.75, 3.05) is 5.73 Å². The van der Waals surface area contributed by atoms with Gasteiger partial charge in [0.05, 0.1) is 0 Å². The number of hydrogen-bond acceptors (Lipinski definition) is 2. The molecule has 0 saturated heterocycles. The second-order valence-electron chi connectivity index (χ2n) is 6.28. The Balaban J connectivity index is 2.14. The van der Waals surface area contributed by atoms with Gasteiger partial charge in [-0.1, -0.05) is 45.0 Å². The lowest BCUT2D eigenvalue weighted by Gasteiger charge is -2.19. The average molecular weight is 346 g/mol. The molecule has 2 aromatic rings. The molecule has 0 spiro atoms. The lowest BCUT2D eigenvalue weighted by Crippen LogP contribution is -2.11. The zero-order valence-corrected chi connectivity index (χ0v) is 14.2. The Morgan fingerprint density at radius 3 is 2.24 bits per heavy atom. The topological polar surface area (TPSA) is 43.1 Å². The van der Waals surface area contributed by atoms with Gasteiger partial charge in [-0.2, -0.15) is 0 Å². The molecule has 0 radical (unpaired) electrons. The summed E-state index contributed by atoms with van der Waals surface area (Å²) in [5.74, 6) is 0.0965. The number of nitrogen functional groups attached to an aromatic ring is 1. The molecule has 2 aromatic carbocycles. The summed E-state index contributed by atoms with van der Waals surface area (Å²) < 4.78 is 0.761. The number of carbonyl (C=O) groups excluding carboxylic acids is 1. The van der Waals surface area contributed by atoms with Gasteiger partial charge >= 0.3 is 0 Å². The Morgan fingerprint density at radius 2 is 1.71 bits per heavy atom. The molecule has 0 saturated carbocycles. The van der Waals surface area contributed by atoms with Crippen molar-refractivity contribution in [2.45, 2.75) is 32.6 Å². The summed E-state index contributed by atoms with van der Waals surface area (Å²) in [5.41, 5.74) is 9.49. The summed E-state index contributed by atoms with van der Waals surface area (Å²) in [6, 6.07) is 13.6. The molecule has 0 aliphatic rings. The fourth-order valence-corrected chi connectivity index (χ4v) is 2.49. The number of ketones is 1. The van der Waals surface area contributed by atoms with E-state index < -0.39 is 0 Å². The van der Waals surface area contributed by atoms with E-state index in [9.17, 15) is 4.79 Å². The van der Waals surface area contributed by atoms with Gasteiger partial charge in [-0.15, -0.1) is 0 Å². The van der Waals surface area contributed by atoms with Crippen LogP contribution in [0.15, 0.2) is 46.9 Å². The Morgan fingerprint density at radius 1 is 1.10 bits per heavy atom. The van der Waals surface area contributed by atoms with Crippen LogP contribution in [0.25, 0.3) is 0 Å². The van der Waals surface area contributed by atoms with Gasteiger partial charge in [0.25, 0.3) is 0 Å². The van der Waals surface area contributed by atoms with E-state index in [0.717, 1.165) is 10.0 Å². The van der Waals surface area contributed by atoms with Gasteiger partial charge in [-0.3, -0.25) is 4.79 Å². The van der Waals surface area contributed by atoms with Crippen molar-refractivity contribution in [2.24, 2.45) is 0 Å². The fraction of sp³-hybridized carbons (Fsp3) is 0.278. The number of benzene rings is 2. The van der Waals surface area contributed by atoms with Crippen LogP contribution in [-0.4, -0.2) is 5.78 Å². The number of Topliss-reactive ketones (excluding diaryl/α,β-unsaturated/α-hetero) is 1. The van der Waals surface area contributed by atoms with Crippen molar-refractivity contribution in [1.29, 1.82) is 0 Å². The van der Waals surface area contributed by atoms with Gasteiger partial charge in [-0.25, -0.2) is 0 Å². The molecule has 0 amide bonds. The monoisotopic (exact) mass is 345 g/mol. The zero-order valence-electron chi connectivity index (χ0n) is 12.6. The van der Waals surface area contributed by atoms with E-state index in [1.165, 1.54) is 5.56 Å². The molecular formula is C18H20BrNO. The highest BCUT2D eigenvalue weighted by Crippen LogP contribution is 2.24. The van der Waals surface area contributed by atoms with Crippen LogP contribution in [0.2, 0.25) is 0 Å². The van der Waals surface area contributed by atoms with Crippen LogP contribution in [0.5, 0.6) is 0 Å². The van der Waals surface area contributed by atoms with Crippen LogP contribution < -0.4 is 5.73 Å². The van der Waals surface area contributed by atoms with Crippen LogP contribution in [0.4, 0.5) is 5.69 Å². The average Bonchev–Trinajstić information content (AvgIpc) is 2.41. The first-order valence-electron chi connectivity index (χ1n) is 6.95. The quantitative estimate of drug-likeness (QED) is 0.644. The van der Waals surface area contributed by atoms with Crippen molar-refractivity contribution in [3.63, 3.8) is 0 Å². The molecule has 0 aromatic heterocycles. The normalized spacial score (nSPS) is 11.4. The summed E-state index contributed by atoms with van der Waals surface area (Å²) in [4.78, 5) is 12.3. The summed E-state index contributed by atoms with van der Waals surface area (Å²) in [5, 5.41) is 0. The van der Waals surface area contributed by atoms with E-state index in [1.807, 2.05) is 12.1 Å². The Labute approximate surface area is 134 Å². The van der Waals surface area contributed by atoms with Crippen LogP contribution in [0.1, 0.15) is 42.3 Å². The minimum atomic E-state index is 0.0965. The predicted molar refractivity (Wildman–Crippen MR) is 91.7 cm³/mol. The molecule has 2 nitrogen and oxygen atoms in total. The molecule has 2 rings (SSSR count). The predicted octanol–water partition coefficient (Wildman–Crippen LogP) is 4.75. The summed E-state index contributed by atoms with van der Waals surface area (Å²) >= 11 is 3.35. The SMILES string of the molecule is CC(C)(C)c1ccc(CC(=O)c2ccc(N)c(Br)c2)cc1. The summed E-state index contributed by atoms with van der Waals surface area (Å²) in [6.45, 7) is 6.54. The molecular weight excluding hydrogens is 326 g/mol. The molecule has 0 aliphatic heterocycles. The van der Waals surface area contributed by atoms with Crippen molar-refractivity contribution in [3.8, 4) is 0 Å². The number of halogens is 1. The van der Waals surface area contributed by atoms with E-state index in [2.05, 4.69) is 48.8 Å². The van der Waals surface area contributed by atoms with Crippen LogP contribution in [-0.2, 0) is 11.8 Å². The van der Waals surface area contributed by atoms with E-state index in [-0.39, 0.29) is 11.2 Å². The van der Waals surface area contributed by atoms with Crippen LogP contribution in [0, 0.1) is 0 Å². The highest BCUT2D eigenvalue weighted by Gasteiger charge is 2.14. The molecule has 21 heavy (non-hydrogen) atoms. The first-order valence-corrected chi connectivity index (χ1v) is 7.74. The van der Waals surface area contributed by atoms with Gasteiger partial charge in [0.15, 0.2) is 5.78 Å². The van der Waals surface area contributed by atoms with Gasteiger partial charge < -0.3 is 5.73 Å². The highest BCUT2D eigenvalue weighted by molar-refractivity contribution is 9.10. The van der Waals surface area contributed by atoms with Crippen molar-refractivity contribution < 1.29 is 4.79 Å². The summed E-state index contributed by atoms with van der Waals surface area (Å²) in [6.07, 6.45) is 0.404. The maximum atomic E-state index is 12.3. The van der Waals surface area contributed by atoms with Gasteiger partial charge in [-0.05, 0) is 50.7 Å². The first-order chi connectivity index (χ1) is 9.77. The van der Waals surface area contributed by atoms with Crippen LogP contribution in [0.3, 0.4) is 0 Å². The smallest absolute Gasteiger partial charge is 0.167 e. The Kier molecular flexibility index (Phi) is 4.52. The van der Waals surface area contributed by atoms with Gasteiger partial charge in [0.2, 0.25) is 0 Å². The summed E-state index contributed by atoms with van der Waals surface area (Å²) in [7, 11) is 0. The second kappa shape index (κ2) is 6.02. The third kappa shape index (κ3) is 3.94. The lowest BCUT2D eigenvalue weighted by molar-refractivity contribution is 0.0993. The molecule has 0 heterocycles. The lowest BCUT2D eigenvalue weighted by atomic mass is 9.86. The van der Waals surface area contributed by atoms with Crippen molar-refractivity contribution in [3.05, 3.63) is 63.6 Å². The molecule has 2 N–H and O–H groups in total. The number of hydrogen-bond donors (Lipinski definition) is 1. The number of carbonyl (C=O) groups is 1. The number of anilines is 1. The maximum absolute atomic E-state index is 12.3. The largest absolute Gasteiger partial charge is 0.398 e. The van der Waals surface area contributed by atoms with Crippen LogP contribution >= 0.6 is 15.9 Å². The van der Waals surface area contributed by atoms with E-state index >= 15 is 0 Å². The first kappa shape index (κ1) is 15.8. The van der Waals surface area contributed by atoms with E-state index in [4.69, 9.17) is 5.73 Å². The minimum Gasteiger partial charge on any atom is -0.398 e. The van der Waals surface area contributed by atoms with E-state index in [0.29, 0.717) is 17.7 Å².